The van der Waals surface area contributed by atoms with Gasteiger partial charge in [-0.25, -0.2) is 4.79 Å². The number of methoxy groups -OCH3 is 3. The van der Waals surface area contributed by atoms with Gasteiger partial charge in [-0.1, -0.05) is 34.4 Å². The van der Waals surface area contributed by atoms with Crippen LogP contribution in [0.15, 0.2) is 47.0 Å². The summed E-state index contributed by atoms with van der Waals surface area (Å²) in [6.07, 6.45) is 2.76. The topological polar surface area (TPSA) is 99.9 Å². The first-order chi connectivity index (χ1) is 15.4. The fourth-order valence-electron chi connectivity index (χ4n) is 2.85. The number of nitrogens with zero attached hydrogens (tertiary/aromatic N) is 1. The van der Waals surface area contributed by atoms with Crippen LogP contribution in [0.1, 0.15) is 15.9 Å². The van der Waals surface area contributed by atoms with Gasteiger partial charge in [0, 0.05) is 17.2 Å². The van der Waals surface area contributed by atoms with E-state index in [1.165, 1.54) is 33.5 Å². The number of benzene rings is 2. The van der Waals surface area contributed by atoms with Crippen molar-refractivity contribution in [3.63, 3.8) is 0 Å². The number of carbonyl (C=O) groups excluding carboxylic acids is 2. The number of nitrogens with one attached hydrogen (secondary N) is 1. The van der Waals surface area contributed by atoms with Crippen molar-refractivity contribution in [2.75, 3.05) is 26.6 Å². The van der Waals surface area contributed by atoms with E-state index >= 15 is 0 Å². The lowest BCUT2D eigenvalue weighted by molar-refractivity contribution is -0.112. The molecule has 0 saturated heterocycles. The summed E-state index contributed by atoms with van der Waals surface area (Å²) in [6.45, 7) is 0. The van der Waals surface area contributed by atoms with Gasteiger partial charge in [-0.15, -0.1) is 0 Å². The maximum Gasteiger partial charge on any atom is 0.345 e. The summed E-state index contributed by atoms with van der Waals surface area (Å²) in [6, 6.07) is 9.96. The maximum absolute atomic E-state index is 12.5. The normalized spacial score (nSPS) is 10.8. The number of amides is 1. The molecule has 2 aromatic carbocycles. The lowest BCUT2D eigenvalue weighted by Crippen LogP contribution is -2.12. The van der Waals surface area contributed by atoms with Crippen LogP contribution in [0.5, 0.6) is 11.5 Å². The van der Waals surface area contributed by atoms with Crippen LogP contribution in [0.25, 0.3) is 17.3 Å². The van der Waals surface area contributed by atoms with Crippen molar-refractivity contribution in [3.8, 4) is 22.8 Å². The lowest BCUT2D eigenvalue weighted by Gasteiger charge is -2.07. The first kappa shape index (κ1) is 23.2. The Morgan fingerprint density at radius 2 is 1.78 bits per heavy atom. The zero-order valence-corrected chi connectivity index (χ0v) is 18.8. The number of esters is 1. The van der Waals surface area contributed by atoms with Crippen molar-refractivity contribution in [2.45, 2.75) is 0 Å². The molecule has 166 valence electrons. The van der Waals surface area contributed by atoms with Gasteiger partial charge in [0.15, 0.2) is 5.56 Å². The summed E-state index contributed by atoms with van der Waals surface area (Å²) in [7, 11) is 4.23. The number of halogens is 2. The zero-order chi connectivity index (χ0) is 23.3. The molecular formula is C22H18Cl2N2O6. The summed E-state index contributed by atoms with van der Waals surface area (Å²) in [5.41, 5.74) is 0.804. The molecule has 0 aliphatic carbocycles. The number of hydrogen-bond acceptors (Lipinski definition) is 7. The van der Waals surface area contributed by atoms with E-state index in [0.29, 0.717) is 17.1 Å². The van der Waals surface area contributed by atoms with Crippen molar-refractivity contribution >= 4 is 47.0 Å². The summed E-state index contributed by atoms with van der Waals surface area (Å²) >= 11 is 12.5. The maximum atomic E-state index is 12.5. The van der Waals surface area contributed by atoms with E-state index in [2.05, 4.69) is 10.5 Å². The van der Waals surface area contributed by atoms with Crippen LogP contribution in [0, 0.1) is 0 Å². The highest BCUT2D eigenvalue weighted by molar-refractivity contribution is 6.39. The Morgan fingerprint density at radius 3 is 2.41 bits per heavy atom. The molecular weight excluding hydrogens is 459 g/mol. The summed E-state index contributed by atoms with van der Waals surface area (Å²) in [5, 5.41) is 6.85. The molecule has 8 nitrogen and oxygen atoms in total. The third-order valence-corrected chi connectivity index (χ3v) is 5.00. The van der Waals surface area contributed by atoms with Crippen LogP contribution >= 0.6 is 23.2 Å². The second kappa shape index (κ2) is 10.2. The Kier molecular flexibility index (Phi) is 7.40. The fraction of sp³-hybridized carbons (Fsp3) is 0.136. The molecule has 0 fully saturated rings. The van der Waals surface area contributed by atoms with Crippen molar-refractivity contribution < 1.29 is 28.3 Å². The van der Waals surface area contributed by atoms with Gasteiger partial charge in [0.1, 0.15) is 17.2 Å². The molecule has 0 unspecified atom stereocenters. The molecule has 1 N–H and O–H groups in total. The Balaban J connectivity index is 1.93. The van der Waals surface area contributed by atoms with E-state index in [9.17, 15) is 9.59 Å². The minimum absolute atomic E-state index is 0.0428. The van der Waals surface area contributed by atoms with Gasteiger partial charge in [-0.05, 0) is 36.4 Å². The van der Waals surface area contributed by atoms with Crippen molar-refractivity contribution in [2.24, 2.45) is 0 Å². The van der Waals surface area contributed by atoms with Crippen molar-refractivity contribution in [3.05, 3.63) is 63.6 Å². The molecule has 0 radical (unpaired) electrons. The Bertz CT molecular complexity index is 1170. The molecule has 10 heteroatoms. The van der Waals surface area contributed by atoms with E-state index in [1.807, 2.05) is 0 Å². The molecule has 0 saturated carbocycles. The van der Waals surface area contributed by atoms with Crippen LogP contribution in [0.4, 0.5) is 5.88 Å². The quantitative estimate of drug-likeness (QED) is 0.373. The molecule has 0 aliphatic heterocycles. The highest BCUT2D eigenvalue weighted by atomic mass is 35.5. The largest absolute Gasteiger partial charge is 0.497 e. The minimum Gasteiger partial charge on any atom is -0.497 e. The molecule has 0 aliphatic rings. The van der Waals surface area contributed by atoms with Gasteiger partial charge >= 0.3 is 5.97 Å². The molecule has 1 aromatic heterocycles. The Hall–Kier alpha value is -3.49. The van der Waals surface area contributed by atoms with Gasteiger partial charge in [-0.3, -0.25) is 10.1 Å². The van der Waals surface area contributed by atoms with Gasteiger partial charge < -0.3 is 18.7 Å². The molecule has 0 atom stereocenters. The molecule has 1 amide bonds. The highest BCUT2D eigenvalue weighted by Gasteiger charge is 2.28. The van der Waals surface area contributed by atoms with Gasteiger partial charge in [0.2, 0.25) is 5.88 Å². The monoisotopic (exact) mass is 476 g/mol. The first-order valence-electron chi connectivity index (χ1n) is 9.13. The minimum atomic E-state index is -0.786. The van der Waals surface area contributed by atoms with Crippen LogP contribution in [0.3, 0.4) is 0 Å². The zero-order valence-electron chi connectivity index (χ0n) is 17.3. The predicted octanol–water partition coefficient (Wildman–Crippen LogP) is 5.10. The Morgan fingerprint density at radius 1 is 1.06 bits per heavy atom. The molecule has 0 spiro atoms. The number of anilines is 1. The number of carbonyl (C=O) groups is 2. The summed E-state index contributed by atoms with van der Waals surface area (Å²) in [5.74, 6) is -0.454. The molecule has 0 bridgehead atoms. The van der Waals surface area contributed by atoms with Crippen LogP contribution < -0.4 is 14.8 Å². The van der Waals surface area contributed by atoms with E-state index in [4.69, 9.17) is 41.9 Å². The first-order valence-corrected chi connectivity index (χ1v) is 9.88. The van der Waals surface area contributed by atoms with Crippen molar-refractivity contribution in [1.29, 1.82) is 0 Å². The van der Waals surface area contributed by atoms with Gasteiger partial charge in [0.25, 0.3) is 5.91 Å². The summed E-state index contributed by atoms with van der Waals surface area (Å²) in [4.78, 5) is 24.9. The van der Waals surface area contributed by atoms with Crippen LogP contribution in [-0.2, 0) is 9.53 Å². The number of hydrogen-bond donors (Lipinski definition) is 1. The third kappa shape index (κ3) is 4.87. The second-order valence-corrected chi connectivity index (χ2v) is 7.07. The second-order valence-electron chi connectivity index (χ2n) is 6.25. The van der Waals surface area contributed by atoms with Crippen LogP contribution in [0.2, 0.25) is 10.0 Å². The highest BCUT2D eigenvalue weighted by Crippen LogP contribution is 2.38. The van der Waals surface area contributed by atoms with Gasteiger partial charge in [-0.2, -0.15) is 0 Å². The van der Waals surface area contributed by atoms with Gasteiger partial charge in [0.05, 0.1) is 31.4 Å². The lowest BCUT2D eigenvalue weighted by atomic mass is 10.1. The Labute approximate surface area is 193 Å². The standard InChI is InChI=1S/C22H18Cl2N2O6/c1-29-13-8-9-16(30-2)12(11-13)7-10-17(27)25-21-19(22(28)31-3)20(26-32-21)18-14(23)5-4-6-15(18)24/h4-11H,1-3H3,(H,25,27)/b10-7+. The number of ether oxygens (including phenoxy) is 3. The predicted molar refractivity (Wildman–Crippen MR) is 121 cm³/mol. The molecule has 3 rings (SSSR count). The summed E-state index contributed by atoms with van der Waals surface area (Å²) < 4.78 is 20.5. The van der Waals surface area contributed by atoms with Crippen molar-refractivity contribution in [1.82, 2.24) is 5.16 Å². The number of rotatable bonds is 7. The molecule has 1 heterocycles. The average molecular weight is 477 g/mol. The van der Waals surface area contributed by atoms with E-state index in [-0.39, 0.29) is 32.8 Å². The van der Waals surface area contributed by atoms with E-state index < -0.39 is 11.9 Å². The van der Waals surface area contributed by atoms with Crippen LogP contribution in [-0.4, -0.2) is 38.4 Å². The average Bonchev–Trinajstić information content (AvgIpc) is 3.19. The molecule has 32 heavy (non-hydrogen) atoms. The SMILES string of the molecule is COC(=O)c1c(-c2c(Cl)cccc2Cl)noc1NC(=O)/C=C/c1cc(OC)ccc1OC. The molecule has 3 aromatic rings. The third-order valence-electron chi connectivity index (χ3n) is 4.37. The van der Waals surface area contributed by atoms with E-state index in [0.717, 1.165) is 0 Å². The smallest absolute Gasteiger partial charge is 0.345 e. The number of aromatic nitrogens is 1. The van der Waals surface area contributed by atoms with E-state index in [1.54, 1.807) is 36.4 Å². The fourth-order valence-corrected chi connectivity index (χ4v) is 3.43.